The lowest BCUT2D eigenvalue weighted by Crippen LogP contribution is -2.49. The lowest BCUT2D eigenvalue weighted by molar-refractivity contribution is 0.263. The second kappa shape index (κ2) is 10.6. The van der Waals surface area contributed by atoms with E-state index in [4.69, 9.17) is 16.0 Å². The summed E-state index contributed by atoms with van der Waals surface area (Å²) < 4.78 is 19.9. The second-order valence-electron chi connectivity index (χ2n) is 10.5. The zero-order valence-electron chi connectivity index (χ0n) is 23.4. The fourth-order valence-corrected chi connectivity index (χ4v) is 6.17. The number of fused-ring (bicyclic) bond motifs is 2. The summed E-state index contributed by atoms with van der Waals surface area (Å²) in [5.74, 6) is 2.56. The van der Waals surface area contributed by atoms with Crippen molar-refractivity contribution in [2.75, 3.05) is 32.2 Å². The lowest BCUT2D eigenvalue weighted by atomic mass is 9.71. The number of ether oxygens (including phenoxy) is 2. The van der Waals surface area contributed by atoms with Crippen LogP contribution >= 0.6 is 0 Å². The maximum Gasteiger partial charge on any atom is 0.155 e. The average molecular weight is 524 g/mol. The highest BCUT2D eigenvalue weighted by molar-refractivity contribution is 5.70. The molecule has 0 radical (unpaired) electrons. The summed E-state index contributed by atoms with van der Waals surface area (Å²) >= 11 is 0. The molecule has 1 saturated heterocycles. The number of aromatic nitrogens is 2. The molecular weight excluding hydrogens is 488 g/mol. The molecule has 200 valence electrons. The monoisotopic (exact) mass is 523 g/mol. The Hall–Kier alpha value is -4.10. The number of nitrogens with one attached hydrogen (secondary N) is 1. The van der Waals surface area contributed by atoms with E-state index in [1.807, 2.05) is 42.5 Å². The number of hydrogen-bond donors (Lipinski definition) is 2. The topological polar surface area (TPSA) is 79.7 Å². The molecule has 0 saturated carbocycles. The van der Waals surface area contributed by atoms with Crippen molar-refractivity contribution >= 4 is 5.82 Å². The lowest BCUT2D eigenvalue weighted by Gasteiger charge is -2.39. The molecule has 2 N–H and O–H groups in total. The Morgan fingerprint density at radius 3 is 2.64 bits per heavy atom. The number of piperidine rings is 1. The third-order valence-corrected chi connectivity index (χ3v) is 8.09. The van der Waals surface area contributed by atoms with Crippen molar-refractivity contribution < 1.29 is 16.0 Å². The number of anilines is 1. The number of methoxy groups -OCH3 is 2. The number of benzene rings is 3. The number of phenols is 1. The van der Waals surface area contributed by atoms with E-state index in [1.165, 1.54) is 5.56 Å². The highest BCUT2D eigenvalue weighted by Crippen LogP contribution is 2.48. The van der Waals surface area contributed by atoms with Crippen LogP contribution in [0.2, 0.25) is 1.41 Å². The van der Waals surface area contributed by atoms with Crippen LogP contribution in [0.4, 0.5) is 5.82 Å². The molecule has 2 aliphatic rings. The van der Waals surface area contributed by atoms with E-state index < -0.39 is 0 Å². The summed E-state index contributed by atoms with van der Waals surface area (Å²) in [4.78, 5) is 2.29. The summed E-state index contributed by atoms with van der Waals surface area (Å²) in [7, 11) is 3.32. The fourth-order valence-electron chi connectivity index (χ4n) is 6.17. The molecule has 2 unspecified atom stereocenters. The van der Waals surface area contributed by atoms with Gasteiger partial charge in [-0.2, -0.15) is 0 Å². The largest absolute Gasteiger partial charge is 0.507 e. The van der Waals surface area contributed by atoms with Gasteiger partial charge in [-0.25, -0.2) is 0 Å². The summed E-state index contributed by atoms with van der Waals surface area (Å²) in [6.45, 7) is 2.06. The number of nitrogens with zero attached hydrogens (tertiary/aromatic N) is 3. The number of rotatable bonds is 7. The Balaban J connectivity index is 1.40. The van der Waals surface area contributed by atoms with E-state index in [-0.39, 0.29) is 17.2 Å². The molecule has 1 aromatic heterocycles. The van der Waals surface area contributed by atoms with Gasteiger partial charge in [0.1, 0.15) is 18.7 Å². The van der Waals surface area contributed by atoms with Crippen LogP contribution < -0.4 is 19.7 Å². The molecular formula is C32H34N4O3. The average Bonchev–Trinajstić information content (AvgIpc) is 3.27. The van der Waals surface area contributed by atoms with Crippen LogP contribution in [0.5, 0.6) is 17.2 Å². The summed E-state index contributed by atoms with van der Waals surface area (Å²) in [5.41, 5.74) is 4.55. The van der Waals surface area contributed by atoms with Crippen molar-refractivity contribution in [2.45, 2.75) is 37.3 Å². The van der Waals surface area contributed by atoms with Crippen LogP contribution in [0.1, 0.15) is 29.5 Å². The van der Waals surface area contributed by atoms with E-state index in [9.17, 15) is 5.11 Å². The third-order valence-electron chi connectivity index (χ3n) is 8.09. The van der Waals surface area contributed by atoms with Crippen molar-refractivity contribution in [1.82, 2.24) is 15.5 Å². The minimum Gasteiger partial charge on any atom is -0.507 e. The molecule has 1 fully saturated rings. The van der Waals surface area contributed by atoms with Gasteiger partial charge in [0.2, 0.25) is 0 Å². The molecule has 0 amide bonds. The van der Waals surface area contributed by atoms with Gasteiger partial charge in [0.15, 0.2) is 5.82 Å². The molecule has 39 heavy (non-hydrogen) atoms. The van der Waals surface area contributed by atoms with Crippen LogP contribution in [-0.2, 0) is 18.4 Å². The van der Waals surface area contributed by atoms with Gasteiger partial charge in [0.05, 0.1) is 19.9 Å². The van der Waals surface area contributed by atoms with Crippen molar-refractivity contribution in [3.05, 3.63) is 95.6 Å². The van der Waals surface area contributed by atoms with Gasteiger partial charge in [-0.15, -0.1) is 10.2 Å². The first-order chi connectivity index (χ1) is 19.5. The zero-order valence-corrected chi connectivity index (χ0v) is 22.4. The third kappa shape index (κ3) is 4.90. The standard InChI is InChI=1S/C32H34N4O3/c1-38-25-13-12-23(30(17-25)39-2)20-36-21-32(14-15-33-24(19-32)16-22-8-4-3-5-9-22)27-18-28(34-35-31(27)36)26-10-6-7-11-29(26)37/h3-13,17-18,24,33,37H,14-16,19-21H2,1-2H3/i/hD. The van der Waals surface area contributed by atoms with E-state index in [1.54, 1.807) is 25.6 Å². The van der Waals surface area contributed by atoms with Crippen molar-refractivity contribution in [1.29, 1.82) is 0 Å². The van der Waals surface area contributed by atoms with Gasteiger partial charge < -0.3 is 24.8 Å². The van der Waals surface area contributed by atoms with E-state index in [2.05, 4.69) is 40.3 Å². The van der Waals surface area contributed by atoms with Crippen molar-refractivity contribution in [2.24, 2.45) is 0 Å². The van der Waals surface area contributed by atoms with Gasteiger partial charge in [-0.05, 0) is 61.7 Å². The zero-order chi connectivity index (χ0) is 27.7. The Bertz CT molecular complexity index is 1500. The Labute approximate surface area is 230 Å². The van der Waals surface area contributed by atoms with Crippen molar-refractivity contribution in [3.63, 3.8) is 0 Å². The van der Waals surface area contributed by atoms with E-state index >= 15 is 0 Å². The molecule has 7 heteroatoms. The summed E-state index contributed by atoms with van der Waals surface area (Å²) in [5, 5.41) is 21.7. The Morgan fingerprint density at radius 1 is 1.03 bits per heavy atom. The molecule has 6 rings (SSSR count). The minimum atomic E-state index is -0.193. The van der Waals surface area contributed by atoms with Gasteiger partial charge in [0.25, 0.3) is 0 Å². The van der Waals surface area contributed by atoms with Crippen LogP contribution in [0.15, 0.2) is 78.9 Å². The molecule has 7 nitrogen and oxygen atoms in total. The van der Waals surface area contributed by atoms with Gasteiger partial charge in [0, 0.05) is 47.3 Å². The van der Waals surface area contributed by atoms with Crippen LogP contribution in [0.3, 0.4) is 0 Å². The van der Waals surface area contributed by atoms with Crippen LogP contribution in [0, 0.1) is 0 Å². The highest BCUT2D eigenvalue weighted by atomic mass is 16.5. The number of aromatic hydroxyl groups is 1. The maximum absolute atomic E-state index is 10.6. The van der Waals surface area contributed by atoms with Gasteiger partial charge >= 0.3 is 0 Å². The molecule has 0 bridgehead atoms. The number of para-hydroxylation sites is 1. The highest BCUT2D eigenvalue weighted by Gasteiger charge is 2.47. The van der Waals surface area contributed by atoms with Gasteiger partial charge in [-0.1, -0.05) is 42.5 Å². The molecule has 2 aliphatic heterocycles. The minimum absolute atomic E-state index is 0.0706. The first kappa shape index (κ1) is 24.0. The SMILES string of the molecule is [2H]N1CCC2(CC1Cc1ccccc1)CN(Cc1ccc(OC)cc1OC)c1nnc(-c3ccccc3O)cc12. The summed E-state index contributed by atoms with van der Waals surface area (Å²) in [6, 6.07) is 25.8. The van der Waals surface area contributed by atoms with Crippen LogP contribution in [0.25, 0.3) is 11.3 Å². The van der Waals surface area contributed by atoms with E-state index in [0.717, 1.165) is 54.3 Å². The summed E-state index contributed by atoms with van der Waals surface area (Å²) in [6.07, 6.45) is 2.50. The van der Waals surface area contributed by atoms with Crippen molar-refractivity contribution in [3.8, 4) is 28.5 Å². The Morgan fingerprint density at radius 2 is 1.85 bits per heavy atom. The first-order valence-corrected chi connectivity index (χ1v) is 13.4. The fraction of sp³-hybridized carbons (Fsp3) is 0.312. The maximum atomic E-state index is 10.6. The quantitative estimate of drug-likeness (QED) is 0.348. The van der Waals surface area contributed by atoms with Crippen LogP contribution in [-0.4, -0.2) is 48.7 Å². The normalized spacial score (nSPS) is 21.0. The number of hydrogen-bond acceptors (Lipinski definition) is 7. The Kier molecular flexibility index (Phi) is 6.50. The molecule has 3 heterocycles. The predicted octanol–water partition coefficient (Wildman–Crippen LogP) is 5.12. The van der Waals surface area contributed by atoms with E-state index in [0.29, 0.717) is 24.3 Å². The molecule has 2 atom stereocenters. The van der Waals surface area contributed by atoms with Gasteiger partial charge in [-0.3, -0.25) is 0 Å². The smallest absolute Gasteiger partial charge is 0.155 e. The predicted molar refractivity (Wildman–Crippen MR) is 153 cm³/mol. The number of phenolic OH excluding ortho intramolecular Hbond substituents is 1. The molecule has 3 aromatic carbocycles. The molecule has 1 spiro atoms. The molecule has 4 aromatic rings. The molecule has 0 aliphatic carbocycles. The second-order valence-corrected chi connectivity index (χ2v) is 10.5. The first-order valence-electron chi connectivity index (χ1n) is 13.9.